The summed E-state index contributed by atoms with van der Waals surface area (Å²) in [5.74, 6) is -0.912. The van der Waals surface area contributed by atoms with Gasteiger partial charge in [0.25, 0.3) is 11.8 Å². The Morgan fingerprint density at radius 3 is 2.61 bits per heavy atom. The Balaban J connectivity index is 1.39. The number of hydrogen-bond donors (Lipinski definition) is 2. The van der Waals surface area contributed by atoms with E-state index < -0.39 is 11.7 Å². The summed E-state index contributed by atoms with van der Waals surface area (Å²) >= 11 is 0. The lowest BCUT2D eigenvalue weighted by Crippen LogP contribution is -2.13. The minimum absolute atomic E-state index is 0.0776. The average Bonchev–Trinajstić information content (AvgIpc) is 3.44. The largest absolute Gasteiger partial charge is 0.506 e. The predicted octanol–water partition coefficient (Wildman–Crippen LogP) is 5.50. The van der Waals surface area contributed by atoms with Crippen LogP contribution in [0.3, 0.4) is 0 Å². The van der Waals surface area contributed by atoms with E-state index in [0.29, 0.717) is 33.6 Å². The number of amides is 1. The second kappa shape index (κ2) is 10.1. The van der Waals surface area contributed by atoms with Crippen LogP contribution in [0.1, 0.15) is 16.1 Å². The van der Waals surface area contributed by atoms with Gasteiger partial charge in [0.15, 0.2) is 23.1 Å². The first-order valence-corrected chi connectivity index (χ1v) is 11.3. The summed E-state index contributed by atoms with van der Waals surface area (Å²) in [5.41, 5.74) is 2.34. The van der Waals surface area contributed by atoms with E-state index in [9.17, 15) is 9.90 Å². The van der Waals surface area contributed by atoms with E-state index in [4.69, 9.17) is 18.6 Å². The van der Waals surface area contributed by atoms with Crippen LogP contribution in [0.25, 0.3) is 22.2 Å². The van der Waals surface area contributed by atoms with Gasteiger partial charge in [-0.1, -0.05) is 0 Å². The molecule has 0 aliphatic carbocycles. The van der Waals surface area contributed by atoms with E-state index >= 15 is 4.39 Å². The van der Waals surface area contributed by atoms with Crippen LogP contribution in [-0.4, -0.2) is 40.2 Å². The highest BCUT2D eigenvalue weighted by Crippen LogP contribution is 2.36. The van der Waals surface area contributed by atoms with Gasteiger partial charge in [-0.3, -0.25) is 14.8 Å². The van der Waals surface area contributed by atoms with E-state index in [0.717, 1.165) is 6.07 Å². The number of hydrogen-bond acceptors (Lipinski definition) is 9. The van der Waals surface area contributed by atoms with Crippen LogP contribution in [0.15, 0.2) is 65.7 Å². The Labute approximate surface area is 215 Å². The number of nitrogens with zero attached hydrogens (tertiary/aromatic N) is 3. The molecule has 5 aromatic rings. The topological polar surface area (TPSA) is 129 Å². The molecule has 2 N–H and O–H groups in total. The Bertz CT molecular complexity index is 1660. The second-order valence-corrected chi connectivity index (χ2v) is 8.07. The van der Waals surface area contributed by atoms with E-state index in [-0.39, 0.29) is 34.4 Å². The fourth-order valence-corrected chi connectivity index (χ4v) is 3.88. The molecule has 1 aromatic carbocycles. The summed E-state index contributed by atoms with van der Waals surface area (Å²) in [7, 11) is 2.93. The number of benzene rings is 1. The number of aryl methyl sites for hydroxylation is 1. The highest BCUT2D eigenvalue weighted by Gasteiger charge is 2.20. The third-order valence-electron chi connectivity index (χ3n) is 5.73. The smallest absolute Gasteiger partial charge is 0.261 e. The zero-order valence-corrected chi connectivity index (χ0v) is 20.5. The van der Waals surface area contributed by atoms with Crippen molar-refractivity contribution in [3.63, 3.8) is 0 Å². The van der Waals surface area contributed by atoms with Gasteiger partial charge in [-0.05, 0) is 25.1 Å². The van der Waals surface area contributed by atoms with Crippen molar-refractivity contribution in [1.29, 1.82) is 0 Å². The summed E-state index contributed by atoms with van der Waals surface area (Å²) in [5, 5.41) is 13.3. The second-order valence-electron chi connectivity index (χ2n) is 8.07. The molecule has 0 saturated carbocycles. The van der Waals surface area contributed by atoms with Gasteiger partial charge in [-0.15, -0.1) is 0 Å². The number of ether oxygens (including phenoxy) is 3. The van der Waals surface area contributed by atoms with Gasteiger partial charge < -0.3 is 29.1 Å². The van der Waals surface area contributed by atoms with E-state index in [1.54, 1.807) is 25.1 Å². The summed E-state index contributed by atoms with van der Waals surface area (Å²) < 4.78 is 36.4. The molecule has 0 radical (unpaired) electrons. The number of furan rings is 1. The van der Waals surface area contributed by atoms with Crippen LogP contribution in [0, 0.1) is 12.7 Å². The lowest BCUT2D eigenvalue weighted by Gasteiger charge is -2.13. The minimum Gasteiger partial charge on any atom is -0.506 e. The number of pyridine rings is 3. The molecule has 38 heavy (non-hydrogen) atoms. The van der Waals surface area contributed by atoms with Gasteiger partial charge in [0.2, 0.25) is 0 Å². The Hall–Kier alpha value is -5.19. The van der Waals surface area contributed by atoms with Gasteiger partial charge >= 0.3 is 0 Å². The van der Waals surface area contributed by atoms with Crippen LogP contribution < -0.4 is 19.5 Å². The molecule has 0 aliphatic heterocycles. The predicted molar refractivity (Wildman–Crippen MR) is 135 cm³/mol. The fraction of sp³-hybridized carbons (Fsp3) is 0.111. The molecule has 0 spiro atoms. The summed E-state index contributed by atoms with van der Waals surface area (Å²) in [4.78, 5) is 25.7. The van der Waals surface area contributed by atoms with E-state index in [1.807, 2.05) is 0 Å². The number of rotatable bonds is 7. The molecular weight excluding hydrogens is 495 g/mol. The zero-order chi connectivity index (χ0) is 26.8. The van der Waals surface area contributed by atoms with Crippen molar-refractivity contribution in [2.75, 3.05) is 19.5 Å². The van der Waals surface area contributed by atoms with Crippen molar-refractivity contribution in [3.05, 3.63) is 78.4 Å². The van der Waals surface area contributed by atoms with Crippen molar-refractivity contribution in [2.45, 2.75) is 6.92 Å². The van der Waals surface area contributed by atoms with Gasteiger partial charge in [0.1, 0.15) is 16.8 Å². The van der Waals surface area contributed by atoms with Crippen molar-refractivity contribution >= 4 is 22.6 Å². The molecule has 0 saturated heterocycles. The Morgan fingerprint density at radius 2 is 1.89 bits per heavy atom. The summed E-state index contributed by atoms with van der Waals surface area (Å²) in [6.07, 6.45) is 5.64. The number of aromatic nitrogens is 3. The molecule has 0 unspecified atom stereocenters. The number of halogens is 1. The SMILES string of the molecule is COc1cc2nccc(Oc3ccc(NC(=O)c4cnc(C)c(-c5ccoc5)c4O)cc3F)c2nc1OC. The molecule has 0 bridgehead atoms. The van der Waals surface area contributed by atoms with Gasteiger partial charge in [0.05, 0.1) is 32.3 Å². The van der Waals surface area contributed by atoms with Crippen molar-refractivity contribution in [3.8, 4) is 40.0 Å². The van der Waals surface area contributed by atoms with Crippen LogP contribution in [0.2, 0.25) is 0 Å². The van der Waals surface area contributed by atoms with Gasteiger partial charge in [-0.2, -0.15) is 0 Å². The normalized spacial score (nSPS) is 10.8. The zero-order valence-electron chi connectivity index (χ0n) is 20.5. The molecule has 4 heterocycles. The number of carbonyl (C=O) groups excluding carboxylic acids is 1. The number of nitrogens with one attached hydrogen (secondary N) is 1. The lowest BCUT2D eigenvalue weighted by atomic mass is 10.0. The maximum atomic E-state index is 15.0. The third-order valence-corrected chi connectivity index (χ3v) is 5.73. The third kappa shape index (κ3) is 4.52. The average molecular weight is 516 g/mol. The molecule has 0 aliphatic rings. The van der Waals surface area contributed by atoms with E-state index in [2.05, 4.69) is 20.3 Å². The molecule has 0 fully saturated rings. The maximum Gasteiger partial charge on any atom is 0.261 e. The first-order valence-electron chi connectivity index (χ1n) is 11.3. The minimum atomic E-state index is -0.737. The number of carbonyl (C=O) groups is 1. The number of fused-ring (bicyclic) bond motifs is 1. The number of aromatic hydroxyl groups is 1. The maximum absolute atomic E-state index is 15.0. The molecule has 192 valence electrons. The van der Waals surface area contributed by atoms with Crippen molar-refractivity contribution in [1.82, 2.24) is 15.0 Å². The summed E-state index contributed by atoms with van der Waals surface area (Å²) in [6.45, 7) is 1.70. The van der Waals surface area contributed by atoms with E-state index in [1.165, 1.54) is 51.3 Å². The van der Waals surface area contributed by atoms with Crippen LogP contribution in [0.5, 0.6) is 28.9 Å². The van der Waals surface area contributed by atoms with Crippen LogP contribution in [-0.2, 0) is 0 Å². The molecule has 4 aromatic heterocycles. The highest BCUT2D eigenvalue weighted by molar-refractivity contribution is 6.07. The lowest BCUT2D eigenvalue weighted by molar-refractivity contribution is 0.102. The Morgan fingerprint density at radius 1 is 1.05 bits per heavy atom. The first kappa shape index (κ1) is 24.5. The summed E-state index contributed by atoms with van der Waals surface area (Å²) in [6, 6.07) is 8.75. The molecular formula is C27H21FN4O6. The standard InChI is InChI=1S/C27H21FN4O6/c1-14-23(15-7-9-37-13-15)25(33)17(12-30-14)26(34)31-16-4-5-20(18(28)10-16)38-21-6-8-29-19-11-22(35-2)27(36-3)32-24(19)21/h4-13H,1-3H3,(H,30,33)(H,31,34). The van der Waals surface area contributed by atoms with Crippen molar-refractivity contribution in [2.24, 2.45) is 0 Å². The molecule has 1 amide bonds. The Kier molecular flexibility index (Phi) is 6.48. The van der Waals surface area contributed by atoms with Gasteiger partial charge in [-0.25, -0.2) is 9.37 Å². The number of methoxy groups -OCH3 is 2. The van der Waals surface area contributed by atoms with Crippen LogP contribution >= 0.6 is 0 Å². The van der Waals surface area contributed by atoms with Crippen molar-refractivity contribution < 1.29 is 32.9 Å². The monoisotopic (exact) mass is 516 g/mol. The quantitative estimate of drug-likeness (QED) is 0.288. The molecule has 5 rings (SSSR count). The molecule has 0 atom stereocenters. The van der Waals surface area contributed by atoms with Crippen LogP contribution in [0.4, 0.5) is 10.1 Å². The molecule has 10 nitrogen and oxygen atoms in total. The fourth-order valence-electron chi connectivity index (χ4n) is 3.88. The highest BCUT2D eigenvalue weighted by atomic mass is 19.1. The number of anilines is 1. The first-order chi connectivity index (χ1) is 18.4. The van der Waals surface area contributed by atoms with Gasteiger partial charge in [0, 0.05) is 53.1 Å². The molecule has 11 heteroatoms.